The standard InChI is InChI=1S/C22H22N2O5S/c1-5-29-16-8-6-7-15(12-16)24-21(26)17(20(25)23-22(24)30)10-14-11-19(28-4)18(27-3)9-13(14)2/h6-12H,5H2,1-4H3,(H,23,25,30). The van der Waals surface area contributed by atoms with E-state index in [1.165, 1.54) is 18.1 Å². The summed E-state index contributed by atoms with van der Waals surface area (Å²) in [5, 5.41) is 2.60. The van der Waals surface area contributed by atoms with Crippen LogP contribution in [0.4, 0.5) is 5.69 Å². The average Bonchev–Trinajstić information content (AvgIpc) is 2.72. The van der Waals surface area contributed by atoms with Gasteiger partial charge in [0, 0.05) is 6.07 Å². The number of benzene rings is 2. The first-order valence-electron chi connectivity index (χ1n) is 9.26. The topological polar surface area (TPSA) is 77.1 Å². The van der Waals surface area contributed by atoms with E-state index >= 15 is 0 Å². The molecule has 1 aliphatic heterocycles. The van der Waals surface area contributed by atoms with Gasteiger partial charge in [0.1, 0.15) is 11.3 Å². The fourth-order valence-corrected chi connectivity index (χ4v) is 3.36. The molecule has 2 aromatic carbocycles. The second kappa shape index (κ2) is 8.96. The number of rotatable bonds is 6. The molecule has 1 aliphatic rings. The van der Waals surface area contributed by atoms with Gasteiger partial charge in [-0.25, -0.2) is 0 Å². The molecule has 30 heavy (non-hydrogen) atoms. The first-order chi connectivity index (χ1) is 14.4. The predicted octanol–water partition coefficient (Wildman–Crippen LogP) is 3.24. The van der Waals surface area contributed by atoms with Crippen LogP contribution in [-0.4, -0.2) is 37.8 Å². The molecule has 2 amide bonds. The number of hydrogen-bond acceptors (Lipinski definition) is 6. The number of amides is 2. The number of methoxy groups -OCH3 is 2. The van der Waals surface area contributed by atoms with Crippen molar-refractivity contribution in [1.82, 2.24) is 5.32 Å². The minimum Gasteiger partial charge on any atom is -0.494 e. The highest BCUT2D eigenvalue weighted by atomic mass is 32.1. The minimum absolute atomic E-state index is 0.0137. The third-order valence-electron chi connectivity index (χ3n) is 4.56. The van der Waals surface area contributed by atoms with Crippen LogP contribution < -0.4 is 24.4 Å². The molecule has 0 spiro atoms. The van der Waals surface area contributed by atoms with E-state index in [4.69, 9.17) is 26.4 Å². The first-order valence-corrected chi connectivity index (χ1v) is 9.67. The van der Waals surface area contributed by atoms with Crippen LogP contribution in [0.25, 0.3) is 6.08 Å². The van der Waals surface area contributed by atoms with Crippen LogP contribution in [-0.2, 0) is 9.59 Å². The third-order valence-corrected chi connectivity index (χ3v) is 4.85. The van der Waals surface area contributed by atoms with E-state index in [0.29, 0.717) is 35.1 Å². The summed E-state index contributed by atoms with van der Waals surface area (Å²) in [6.45, 7) is 4.21. The highest BCUT2D eigenvalue weighted by Gasteiger charge is 2.34. The monoisotopic (exact) mass is 426 g/mol. The fraction of sp³-hybridized carbons (Fsp3) is 0.227. The number of thiocarbonyl (C=S) groups is 1. The maximum Gasteiger partial charge on any atom is 0.270 e. The smallest absolute Gasteiger partial charge is 0.270 e. The van der Waals surface area contributed by atoms with Crippen molar-refractivity contribution in [3.05, 3.63) is 53.1 Å². The Kier molecular flexibility index (Phi) is 6.37. The fourth-order valence-electron chi connectivity index (χ4n) is 3.08. The van der Waals surface area contributed by atoms with Crippen LogP contribution in [0.15, 0.2) is 42.0 Å². The number of anilines is 1. The van der Waals surface area contributed by atoms with Gasteiger partial charge in [0.2, 0.25) is 0 Å². The molecule has 1 fully saturated rings. The lowest BCUT2D eigenvalue weighted by Gasteiger charge is -2.29. The van der Waals surface area contributed by atoms with Crippen LogP contribution in [0.1, 0.15) is 18.1 Å². The summed E-state index contributed by atoms with van der Waals surface area (Å²) in [7, 11) is 3.07. The summed E-state index contributed by atoms with van der Waals surface area (Å²) >= 11 is 5.26. The van der Waals surface area contributed by atoms with Crippen molar-refractivity contribution in [2.75, 3.05) is 25.7 Å². The molecule has 1 saturated heterocycles. The number of aryl methyl sites for hydroxylation is 1. The number of nitrogens with one attached hydrogen (secondary N) is 1. The Morgan fingerprint density at radius 2 is 1.80 bits per heavy atom. The average molecular weight is 426 g/mol. The molecule has 0 saturated carbocycles. The molecular formula is C22H22N2O5S. The normalized spacial score (nSPS) is 15.3. The van der Waals surface area contributed by atoms with Crippen molar-refractivity contribution in [3.63, 3.8) is 0 Å². The van der Waals surface area contributed by atoms with Gasteiger partial charge in [-0.2, -0.15) is 0 Å². The van der Waals surface area contributed by atoms with E-state index < -0.39 is 11.8 Å². The minimum atomic E-state index is -0.559. The van der Waals surface area contributed by atoms with Gasteiger partial charge in [0.15, 0.2) is 16.6 Å². The molecule has 156 valence electrons. The molecule has 0 radical (unpaired) electrons. The van der Waals surface area contributed by atoms with Gasteiger partial charge in [-0.3, -0.25) is 19.8 Å². The van der Waals surface area contributed by atoms with Crippen LogP contribution in [0.3, 0.4) is 0 Å². The van der Waals surface area contributed by atoms with Gasteiger partial charge in [0.05, 0.1) is 26.5 Å². The van der Waals surface area contributed by atoms with Crippen molar-refractivity contribution in [2.24, 2.45) is 0 Å². The second-order valence-corrected chi connectivity index (χ2v) is 6.84. The van der Waals surface area contributed by atoms with E-state index in [-0.39, 0.29) is 10.7 Å². The number of carbonyl (C=O) groups excluding carboxylic acids is 2. The predicted molar refractivity (Wildman–Crippen MR) is 118 cm³/mol. The van der Waals surface area contributed by atoms with Crippen molar-refractivity contribution >= 4 is 40.9 Å². The second-order valence-electron chi connectivity index (χ2n) is 6.45. The molecule has 1 heterocycles. The summed E-state index contributed by atoms with van der Waals surface area (Å²) in [6, 6.07) is 10.5. The van der Waals surface area contributed by atoms with Crippen molar-refractivity contribution in [2.45, 2.75) is 13.8 Å². The molecule has 0 unspecified atom stereocenters. The van der Waals surface area contributed by atoms with Crippen molar-refractivity contribution in [3.8, 4) is 17.2 Å². The molecule has 8 heteroatoms. The van der Waals surface area contributed by atoms with Gasteiger partial charge in [-0.05, 0) is 67.5 Å². The molecule has 0 bridgehead atoms. The van der Waals surface area contributed by atoms with Gasteiger partial charge in [0.25, 0.3) is 11.8 Å². The van der Waals surface area contributed by atoms with E-state index in [9.17, 15) is 9.59 Å². The molecule has 0 aromatic heterocycles. The molecule has 0 aliphatic carbocycles. The lowest BCUT2D eigenvalue weighted by atomic mass is 10.0. The highest BCUT2D eigenvalue weighted by molar-refractivity contribution is 7.80. The van der Waals surface area contributed by atoms with Crippen molar-refractivity contribution in [1.29, 1.82) is 0 Å². The Balaban J connectivity index is 2.04. The quantitative estimate of drug-likeness (QED) is 0.434. The lowest BCUT2D eigenvalue weighted by Crippen LogP contribution is -2.54. The summed E-state index contributed by atoms with van der Waals surface area (Å²) in [5.74, 6) is 0.578. The molecular weight excluding hydrogens is 404 g/mol. The summed E-state index contributed by atoms with van der Waals surface area (Å²) in [6.07, 6.45) is 1.52. The van der Waals surface area contributed by atoms with E-state index in [1.54, 1.807) is 43.5 Å². The van der Waals surface area contributed by atoms with Gasteiger partial charge in [-0.1, -0.05) is 6.07 Å². The Hall–Kier alpha value is -3.39. The molecule has 0 atom stereocenters. The highest BCUT2D eigenvalue weighted by Crippen LogP contribution is 2.32. The Bertz CT molecular complexity index is 1050. The Morgan fingerprint density at radius 3 is 2.47 bits per heavy atom. The maximum absolute atomic E-state index is 13.2. The Morgan fingerprint density at radius 1 is 1.10 bits per heavy atom. The lowest BCUT2D eigenvalue weighted by molar-refractivity contribution is -0.122. The van der Waals surface area contributed by atoms with Gasteiger partial charge >= 0.3 is 0 Å². The van der Waals surface area contributed by atoms with Crippen LogP contribution in [0.5, 0.6) is 17.2 Å². The summed E-state index contributed by atoms with van der Waals surface area (Å²) in [4.78, 5) is 27.1. The summed E-state index contributed by atoms with van der Waals surface area (Å²) in [5.41, 5.74) is 1.94. The maximum atomic E-state index is 13.2. The molecule has 2 aromatic rings. The Labute approximate surface area is 180 Å². The number of hydrogen-bond donors (Lipinski definition) is 1. The zero-order valence-electron chi connectivity index (χ0n) is 17.1. The third kappa shape index (κ3) is 4.13. The molecule has 3 rings (SSSR count). The van der Waals surface area contributed by atoms with E-state index in [0.717, 1.165) is 5.56 Å². The van der Waals surface area contributed by atoms with Crippen LogP contribution >= 0.6 is 12.2 Å². The SMILES string of the molecule is CCOc1cccc(N2C(=O)C(=Cc3cc(OC)c(OC)cc3C)C(=O)NC2=S)c1. The zero-order valence-corrected chi connectivity index (χ0v) is 18.0. The van der Waals surface area contributed by atoms with Gasteiger partial charge < -0.3 is 14.2 Å². The largest absolute Gasteiger partial charge is 0.494 e. The summed E-state index contributed by atoms with van der Waals surface area (Å²) < 4.78 is 16.1. The van der Waals surface area contributed by atoms with E-state index in [1.807, 2.05) is 13.8 Å². The van der Waals surface area contributed by atoms with Crippen LogP contribution in [0.2, 0.25) is 0 Å². The number of ether oxygens (including phenoxy) is 3. The number of nitrogens with zero attached hydrogens (tertiary/aromatic N) is 1. The van der Waals surface area contributed by atoms with Gasteiger partial charge in [-0.15, -0.1) is 0 Å². The molecule has 1 N–H and O–H groups in total. The zero-order chi connectivity index (χ0) is 21.8. The van der Waals surface area contributed by atoms with E-state index in [2.05, 4.69) is 5.32 Å². The molecule has 7 nitrogen and oxygen atoms in total. The first kappa shape index (κ1) is 21.3. The van der Waals surface area contributed by atoms with Crippen molar-refractivity contribution < 1.29 is 23.8 Å². The van der Waals surface area contributed by atoms with Crippen LogP contribution in [0, 0.1) is 6.92 Å². The number of carbonyl (C=O) groups is 2.